The zero-order valence-corrected chi connectivity index (χ0v) is 13.5. The Morgan fingerprint density at radius 3 is 2.77 bits per heavy atom. The van der Waals surface area contributed by atoms with Crippen LogP contribution in [-0.2, 0) is 4.79 Å². The van der Waals surface area contributed by atoms with Crippen LogP contribution in [0, 0.1) is 5.92 Å². The predicted octanol–water partition coefficient (Wildman–Crippen LogP) is 3.54. The van der Waals surface area contributed by atoms with E-state index in [1.165, 1.54) is 0 Å². The molecule has 2 aromatic rings. The summed E-state index contributed by atoms with van der Waals surface area (Å²) >= 11 is 3.45. The average molecular weight is 362 g/mol. The second-order valence-corrected chi connectivity index (χ2v) is 6.52. The number of carbonyl (C=O) groups excluding carboxylic acids is 1. The standard InChI is InChI=1S/C17H16BrNO3/c18-13-8-11-4-1-2-6-14(11)15(9-13)16(20)19-7-3-5-12(10-19)17(21)22/h1-2,4,6,8-9,12H,3,5,7,10H2,(H,21,22). The Balaban J connectivity index is 1.97. The highest BCUT2D eigenvalue weighted by Gasteiger charge is 2.29. The highest BCUT2D eigenvalue weighted by Crippen LogP contribution is 2.27. The Hall–Kier alpha value is -1.88. The highest BCUT2D eigenvalue weighted by molar-refractivity contribution is 9.10. The normalized spacial score (nSPS) is 18.4. The van der Waals surface area contributed by atoms with Crippen LogP contribution in [-0.4, -0.2) is 35.0 Å². The van der Waals surface area contributed by atoms with Crippen LogP contribution in [0.4, 0.5) is 0 Å². The third kappa shape index (κ3) is 2.86. The number of fused-ring (bicyclic) bond motifs is 1. The number of hydrogen-bond acceptors (Lipinski definition) is 2. The number of carboxylic acids is 1. The summed E-state index contributed by atoms with van der Waals surface area (Å²) in [5, 5.41) is 11.1. The first-order chi connectivity index (χ1) is 10.6. The molecule has 3 rings (SSSR count). The van der Waals surface area contributed by atoms with E-state index >= 15 is 0 Å². The zero-order valence-electron chi connectivity index (χ0n) is 12.0. The molecule has 4 nitrogen and oxygen atoms in total. The minimum atomic E-state index is -0.823. The number of carbonyl (C=O) groups is 2. The maximum atomic E-state index is 12.8. The van der Waals surface area contributed by atoms with Gasteiger partial charge in [-0.1, -0.05) is 40.2 Å². The number of likely N-dealkylation sites (tertiary alicyclic amines) is 1. The van der Waals surface area contributed by atoms with Crippen LogP contribution in [0.5, 0.6) is 0 Å². The molecular formula is C17H16BrNO3. The lowest BCUT2D eigenvalue weighted by molar-refractivity contribution is -0.143. The molecule has 1 atom stereocenters. The van der Waals surface area contributed by atoms with E-state index in [1.807, 2.05) is 36.4 Å². The molecule has 0 aromatic heterocycles. The van der Waals surface area contributed by atoms with Crippen molar-refractivity contribution in [2.45, 2.75) is 12.8 Å². The van der Waals surface area contributed by atoms with Crippen LogP contribution in [0.1, 0.15) is 23.2 Å². The van der Waals surface area contributed by atoms with E-state index in [4.69, 9.17) is 0 Å². The van der Waals surface area contributed by atoms with Crippen LogP contribution in [0.25, 0.3) is 10.8 Å². The Kier molecular flexibility index (Phi) is 4.16. The summed E-state index contributed by atoms with van der Waals surface area (Å²) in [6.45, 7) is 0.901. The molecule has 0 spiro atoms. The Bertz CT molecular complexity index is 744. The van der Waals surface area contributed by atoms with Crippen molar-refractivity contribution in [3.8, 4) is 0 Å². The van der Waals surface area contributed by atoms with Gasteiger partial charge < -0.3 is 10.0 Å². The first-order valence-electron chi connectivity index (χ1n) is 7.26. The van der Waals surface area contributed by atoms with Gasteiger partial charge in [-0.15, -0.1) is 0 Å². The van der Waals surface area contributed by atoms with Crippen LogP contribution in [0.3, 0.4) is 0 Å². The molecule has 1 amide bonds. The van der Waals surface area contributed by atoms with Gasteiger partial charge in [-0.2, -0.15) is 0 Å². The molecule has 0 aliphatic carbocycles. The van der Waals surface area contributed by atoms with Gasteiger partial charge >= 0.3 is 5.97 Å². The fourth-order valence-corrected chi connectivity index (χ4v) is 3.46. The molecule has 1 aliphatic heterocycles. The quantitative estimate of drug-likeness (QED) is 0.889. The van der Waals surface area contributed by atoms with E-state index in [-0.39, 0.29) is 12.5 Å². The van der Waals surface area contributed by atoms with Crippen molar-refractivity contribution in [3.63, 3.8) is 0 Å². The minimum Gasteiger partial charge on any atom is -0.481 e. The summed E-state index contributed by atoms with van der Waals surface area (Å²) in [5.41, 5.74) is 0.621. The van der Waals surface area contributed by atoms with Gasteiger partial charge in [0.25, 0.3) is 5.91 Å². The molecule has 22 heavy (non-hydrogen) atoms. The van der Waals surface area contributed by atoms with E-state index in [9.17, 15) is 14.7 Å². The van der Waals surface area contributed by atoms with E-state index in [0.29, 0.717) is 18.5 Å². The summed E-state index contributed by atoms with van der Waals surface area (Å²) < 4.78 is 0.848. The van der Waals surface area contributed by atoms with Gasteiger partial charge in [0.05, 0.1) is 5.92 Å². The second-order valence-electron chi connectivity index (χ2n) is 5.60. The molecule has 1 heterocycles. The molecule has 0 saturated carbocycles. The third-order valence-corrected chi connectivity index (χ3v) is 4.57. The van der Waals surface area contributed by atoms with Crippen molar-refractivity contribution in [2.75, 3.05) is 13.1 Å². The molecule has 1 N–H and O–H groups in total. The molecule has 1 saturated heterocycles. The fourth-order valence-electron chi connectivity index (χ4n) is 2.98. The van der Waals surface area contributed by atoms with E-state index < -0.39 is 11.9 Å². The predicted molar refractivity (Wildman–Crippen MR) is 87.9 cm³/mol. The summed E-state index contributed by atoms with van der Waals surface area (Å²) in [4.78, 5) is 25.7. The maximum absolute atomic E-state index is 12.8. The van der Waals surface area contributed by atoms with Crippen molar-refractivity contribution in [1.82, 2.24) is 4.90 Å². The molecular weight excluding hydrogens is 346 g/mol. The number of carboxylic acid groups (broad SMARTS) is 1. The average Bonchev–Trinajstić information content (AvgIpc) is 2.53. The first-order valence-corrected chi connectivity index (χ1v) is 8.06. The van der Waals surface area contributed by atoms with Gasteiger partial charge in [0.1, 0.15) is 0 Å². The van der Waals surface area contributed by atoms with E-state index in [0.717, 1.165) is 21.7 Å². The van der Waals surface area contributed by atoms with Crippen molar-refractivity contribution in [2.24, 2.45) is 5.92 Å². The Morgan fingerprint density at radius 1 is 1.23 bits per heavy atom. The number of piperidine rings is 1. The number of hydrogen-bond donors (Lipinski definition) is 1. The van der Waals surface area contributed by atoms with Gasteiger partial charge in [0.2, 0.25) is 0 Å². The molecule has 2 aromatic carbocycles. The van der Waals surface area contributed by atoms with Crippen molar-refractivity contribution >= 4 is 38.6 Å². The first kappa shape index (κ1) is 15.0. The van der Waals surface area contributed by atoms with Gasteiger partial charge in [0, 0.05) is 23.1 Å². The van der Waals surface area contributed by atoms with Crippen LogP contribution < -0.4 is 0 Å². The van der Waals surface area contributed by atoms with Crippen LogP contribution in [0.2, 0.25) is 0 Å². The second kappa shape index (κ2) is 6.08. The molecule has 5 heteroatoms. The lowest BCUT2D eigenvalue weighted by Gasteiger charge is -2.31. The molecule has 1 fully saturated rings. The van der Waals surface area contributed by atoms with Crippen molar-refractivity contribution in [3.05, 3.63) is 46.4 Å². The summed E-state index contributed by atoms with van der Waals surface area (Å²) in [5.74, 6) is -1.38. The van der Waals surface area contributed by atoms with Gasteiger partial charge in [0.15, 0.2) is 0 Å². The highest BCUT2D eigenvalue weighted by atomic mass is 79.9. The van der Waals surface area contributed by atoms with E-state index in [2.05, 4.69) is 15.9 Å². The molecule has 0 bridgehead atoms. The smallest absolute Gasteiger partial charge is 0.308 e. The molecule has 1 aliphatic rings. The molecule has 114 valence electrons. The fraction of sp³-hybridized carbons (Fsp3) is 0.294. The van der Waals surface area contributed by atoms with Crippen molar-refractivity contribution < 1.29 is 14.7 Å². The third-order valence-electron chi connectivity index (χ3n) is 4.11. The summed E-state index contributed by atoms with van der Waals surface area (Å²) in [6, 6.07) is 11.5. The lowest BCUT2D eigenvalue weighted by atomic mass is 9.96. The van der Waals surface area contributed by atoms with Gasteiger partial charge in [-0.05, 0) is 35.7 Å². The minimum absolute atomic E-state index is 0.0940. The Labute approximate surface area is 136 Å². The number of aliphatic carboxylic acids is 1. The number of rotatable bonds is 2. The van der Waals surface area contributed by atoms with Gasteiger partial charge in [-0.25, -0.2) is 0 Å². The van der Waals surface area contributed by atoms with E-state index in [1.54, 1.807) is 4.90 Å². The molecule has 1 unspecified atom stereocenters. The Morgan fingerprint density at radius 2 is 2.00 bits per heavy atom. The SMILES string of the molecule is O=C(O)C1CCCN(C(=O)c2cc(Br)cc3ccccc23)C1. The number of nitrogens with zero attached hydrogens (tertiary/aromatic N) is 1. The zero-order chi connectivity index (χ0) is 15.7. The summed E-state index contributed by atoms with van der Waals surface area (Å²) in [6.07, 6.45) is 1.37. The number of amides is 1. The maximum Gasteiger partial charge on any atom is 0.308 e. The van der Waals surface area contributed by atoms with Crippen LogP contribution in [0.15, 0.2) is 40.9 Å². The van der Waals surface area contributed by atoms with Crippen molar-refractivity contribution in [1.29, 1.82) is 0 Å². The van der Waals surface area contributed by atoms with Gasteiger partial charge in [-0.3, -0.25) is 9.59 Å². The van der Waals surface area contributed by atoms with Crippen LogP contribution >= 0.6 is 15.9 Å². The monoisotopic (exact) mass is 361 g/mol. The number of halogens is 1. The topological polar surface area (TPSA) is 57.6 Å². The largest absolute Gasteiger partial charge is 0.481 e. The summed E-state index contributed by atoms with van der Waals surface area (Å²) in [7, 11) is 0. The molecule has 0 radical (unpaired) electrons. The number of benzene rings is 2. The lowest BCUT2D eigenvalue weighted by Crippen LogP contribution is -2.42.